The Morgan fingerprint density at radius 3 is 1.74 bits per heavy atom. The van der Waals surface area contributed by atoms with E-state index in [0.29, 0.717) is 25.7 Å². The number of aliphatic hydroxyl groups is 3. The minimum atomic E-state index is -0.949. The molecular formula is C12H19N3O8. The molecule has 130 valence electrons. The molecule has 0 amide bonds. The maximum Gasteiger partial charge on any atom is 0.276 e. The highest BCUT2D eigenvalue weighted by atomic mass is 16.6. The molecule has 0 aromatic heterocycles. The number of benzene rings is 1. The number of hydrogen-bond donors (Lipinski definition) is 4. The van der Waals surface area contributed by atoms with Crippen molar-refractivity contribution in [2.75, 3.05) is 39.5 Å². The summed E-state index contributed by atoms with van der Waals surface area (Å²) in [7, 11) is 0. The van der Waals surface area contributed by atoms with Crippen LogP contribution in [0.3, 0.4) is 0 Å². The van der Waals surface area contributed by atoms with Gasteiger partial charge in [0.25, 0.3) is 11.4 Å². The average Bonchev–Trinajstić information content (AvgIpc) is 2.48. The first-order valence-corrected chi connectivity index (χ1v) is 6.63. The SMILES string of the molecule is O=[N+]([O-])c1ccc([O-])c([N+](=O)[O-])c1.OCC[NH+](CCO)CCO. The minimum Gasteiger partial charge on any atom is -0.868 e. The van der Waals surface area contributed by atoms with Crippen LogP contribution in [0.15, 0.2) is 18.2 Å². The second kappa shape index (κ2) is 11.3. The van der Waals surface area contributed by atoms with Gasteiger partial charge in [-0.15, -0.1) is 0 Å². The van der Waals surface area contributed by atoms with Gasteiger partial charge in [-0.2, -0.15) is 0 Å². The molecule has 0 aliphatic carbocycles. The summed E-state index contributed by atoms with van der Waals surface area (Å²) in [6.07, 6.45) is 0. The fourth-order valence-corrected chi connectivity index (χ4v) is 1.61. The van der Waals surface area contributed by atoms with Gasteiger partial charge in [-0.25, -0.2) is 0 Å². The van der Waals surface area contributed by atoms with Crippen LogP contribution in [0, 0.1) is 20.2 Å². The molecule has 0 unspecified atom stereocenters. The first kappa shape index (κ1) is 20.7. The highest BCUT2D eigenvalue weighted by molar-refractivity contribution is 5.51. The number of nitro groups is 2. The first-order valence-electron chi connectivity index (χ1n) is 6.63. The van der Waals surface area contributed by atoms with E-state index < -0.39 is 27.0 Å². The molecule has 4 N–H and O–H groups in total. The second-order valence-corrected chi connectivity index (χ2v) is 4.34. The van der Waals surface area contributed by atoms with Crippen molar-refractivity contribution >= 4 is 11.4 Å². The Hall–Kier alpha value is -2.34. The zero-order valence-electron chi connectivity index (χ0n) is 12.3. The molecule has 11 nitrogen and oxygen atoms in total. The Labute approximate surface area is 131 Å². The van der Waals surface area contributed by atoms with Gasteiger partial charge in [0.2, 0.25) is 0 Å². The van der Waals surface area contributed by atoms with Crippen molar-refractivity contribution in [3.05, 3.63) is 38.4 Å². The third kappa shape index (κ3) is 8.01. The topological polar surface area (TPSA) is 174 Å². The number of nitrogens with zero attached hydrogens (tertiary/aromatic N) is 2. The summed E-state index contributed by atoms with van der Waals surface area (Å²) < 4.78 is 0. The largest absolute Gasteiger partial charge is 0.868 e. The van der Waals surface area contributed by atoms with Gasteiger partial charge < -0.3 is 25.3 Å². The number of aliphatic hydroxyl groups excluding tert-OH is 3. The Bertz CT molecular complexity index is 497. The van der Waals surface area contributed by atoms with Crippen LogP contribution in [0.2, 0.25) is 0 Å². The molecule has 0 aliphatic rings. The lowest BCUT2D eigenvalue weighted by molar-refractivity contribution is -0.901. The summed E-state index contributed by atoms with van der Waals surface area (Å²) in [4.78, 5) is 19.6. The Morgan fingerprint density at radius 2 is 1.39 bits per heavy atom. The number of hydrogen-bond acceptors (Lipinski definition) is 8. The van der Waals surface area contributed by atoms with E-state index in [4.69, 9.17) is 15.3 Å². The summed E-state index contributed by atoms with van der Waals surface area (Å²) in [5.74, 6) is -0.837. The molecule has 11 heteroatoms. The molecular weight excluding hydrogens is 314 g/mol. The minimum absolute atomic E-state index is 0.106. The predicted molar refractivity (Wildman–Crippen MR) is 76.0 cm³/mol. The van der Waals surface area contributed by atoms with Crippen molar-refractivity contribution < 1.29 is 35.2 Å². The summed E-state index contributed by atoms with van der Waals surface area (Å²) in [5.41, 5.74) is -1.25. The maximum atomic E-state index is 10.8. The van der Waals surface area contributed by atoms with E-state index in [1.807, 2.05) is 0 Å². The van der Waals surface area contributed by atoms with Crippen molar-refractivity contribution in [1.29, 1.82) is 0 Å². The number of nitrogens with one attached hydrogen (secondary N) is 1. The molecule has 0 radical (unpaired) electrons. The highest BCUT2D eigenvalue weighted by Gasteiger charge is 2.13. The van der Waals surface area contributed by atoms with Crippen molar-refractivity contribution in [3.8, 4) is 5.75 Å². The Balaban J connectivity index is 0.000000438. The Morgan fingerprint density at radius 1 is 0.913 bits per heavy atom. The lowest BCUT2D eigenvalue weighted by Crippen LogP contribution is -3.13. The van der Waals surface area contributed by atoms with Gasteiger partial charge in [0.05, 0.1) is 35.7 Å². The molecule has 0 saturated heterocycles. The molecule has 0 spiro atoms. The molecule has 0 heterocycles. The lowest BCUT2D eigenvalue weighted by atomic mass is 10.2. The van der Waals surface area contributed by atoms with Gasteiger partial charge in [0.1, 0.15) is 19.6 Å². The van der Waals surface area contributed by atoms with Crippen LogP contribution in [0.5, 0.6) is 5.75 Å². The number of nitro benzene ring substituents is 2. The van der Waals surface area contributed by atoms with E-state index in [-0.39, 0.29) is 19.8 Å². The van der Waals surface area contributed by atoms with Gasteiger partial charge >= 0.3 is 0 Å². The molecule has 0 saturated carbocycles. The number of rotatable bonds is 8. The van der Waals surface area contributed by atoms with Crippen LogP contribution in [0.4, 0.5) is 11.4 Å². The van der Waals surface area contributed by atoms with Gasteiger partial charge in [-0.05, 0) is 5.75 Å². The molecule has 0 aliphatic heterocycles. The van der Waals surface area contributed by atoms with E-state index >= 15 is 0 Å². The third-order valence-corrected chi connectivity index (χ3v) is 2.75. The quantitative estimate of drug-likeness (QED) is 0.296. The molecule has 0 bridgehead atoms. The standard InChI is InChI=1S/C6H4N2O5.C6H15NO3/c9-6-2-1-4(7(10)11)3-5(6)8(12)13;8-4-1-7(2-5-9)3-6-10/h1-3,9H;8-10H,1-6H2. The van der Waals surface area contributed by atoms with Crippen LogP contribution >= 0.6 is 0 Å². The smallest absolute Gasteiger partial charge is 0.276 e. The number of quaternary nitrogens is 1. The third-order valence-electron chi connectivity index (χ3n) is 2.75. The second-order valence-electron chi connectivity index (χ2n) is 4.34. The summed E-state index contributed by atoms with van der Waals surface area (Å²) >= 11 is 0. The van der Waals surface area contributed by atoms with E-state index in [2.05, 4.69) is 0 Å². The van der Waals surface area contributed by atoms with Gasteiger partial charge in [0.15, 0.2) is 0 Å². The van der Waals surface area contributed by atoms with Crippen LogP contribution < -0.4 is 10.0 Å². The van der Waals surface area contributed by atoms with Crippen LogP contribution in [0.1, 0.15) is 0 Å². The summed E-state index contributed by atoms with van der Waals surface area (Å²) in [6.45, 7) is 2.11. The molecule has 1 rings (SSSR count). The monoisotopic (exact) mass is 333 g/mol. The number of non-ortho nitro benzene ring substituents is 1. The molecule has 0 fully saturated rings. The van der Waals surface area contributed by atoms with Crippen molar-refractivity contribution in [2.24, 2.45) is 0 Å². The van der Waals surface area contributed by atoms with Crippen molar-refractivity contribution in [3.63, 3.8) is 0 Å². The normalized spacial score (nSPS) is 10.1. The fraction of sp³-hybridized carbons (Fsp3) is 0.500. The zero-order valence-corrected chi connectivity index (χ0v) is 12.3. The fourth-order valence-electron chi connectivity index (χ4n) is 1.61. The highest BCUT2D eigenvalue weighted by Crippen LogP contribution is 2.27. The van der Waals surface area contributed by atoms with Gasteiger partial charge in [-0.1, -0.05) is 6.07 Å². The van der Waals surface area contributed by atoms with Crippen LogP contribution in [-0.2, 0) is 0 Å². The maximum absolute atomic E-state index is 10.8. The van der Waals surface area contributed by atoms with E-state index in [0.717, 1.165) is 17.0 Å². The van der Waals surface area contributed by atoms with Crippen LogP contribution in [-0.4, -0.2) is 64.6 Å². The van der Waals surface area contributed by atoms with Crippen molar-refractivity contribution in [2.45, 2.75) is 0 Å². The van der Waals surface area contributed by atoms with Crippen molar-refractivity contribution in [1.82, 2.24) is 0 Å². The lowest BCUT2D eigenvalue weighted by Gasteiger charge is -2.15. The van der Waals surface area contributed by atoms with Gasteiger partial charge in [0, 0.05) is 6.07 Å². The summed E-state index contributed by atoms with van der Waals surface area (Å²) in [5, 5.41) is 56.6. The van der Waals surface area contributed by atoms with E-state index in [9.17, 15) is 25.3 Å². The molecule has 1 aromatic rings. The van der Waals surface area contributed by atoms with E-state index in [1.54, 1.807) is 0 Å². The van der Waals surface area contributed by atoms with E-state index in [1.165, 1.54) is 0 Å². The van der Waals surface area contributed by atoms with Gasteiger partial charge in [-0.3, -0.25) is 20.2 Å². The Kier molecular flexibility index (Phi) is 10.1. The zero-order chi connectivity index (χ0) is 17.8. The first-order chi connectivity index (χ1) is 10.9. The van der Waals surface area contributed by atoms with Crippen LogP contribution in [0.25, 0.3) is 0 Å². The molecule has 23 heavy (non-hydrogen) atoms. The molecule has 1 aromatic carbocycles. The molecule has 0 atom stereocenters. The predicted octanol–water partition coefficient (Wildman–Crippen LogP) is -2.58. The summed E-state index contributed by atoms with van der Waals surface area (Å²) in [6, 6.07) is 2.37. The average molecular weight is 333 g/mol.